The molecule has 0 aliphatic rings. The number of rotatable bonds is 3. The summed E-state index contributed by atoms with van der Waals surface area (Å²) in [6.07, 6.45) is 1.37. The smallest absolute Gasteiger partial charge is 0.335 e. The van der Waals surface area contributed by atoms with E-state index in [0.717, 1.165) is 0 Å². The van der Waals surface area contributed by atoms with E-state index in [-0.39, 0.29) is 5.97 Å². The van der Waals surface area contributed by atoms with Gasteiger partial charge in [0.1, 0.15) is 0 Å². The van der Waals surface area contributed by atoms with Gasteiger partial charge in [0.25, 0.3) is 0 Å². The van der Waals surface area contributed by atoms with Crippen molar-refractivity contribution in [2.24, 2.45) is 4.99 Å². The Hall–Kier alpha value is -1.12. The zero-order chi connectivity index (χ0) is 7.98. The fraction of sp³-hybridized carbons (Fsp3) is 0.429. The van der Waals surface area contributed by atoms with Crippen LogP contribution < -0.4 is 0 Å². The summed E-state index contributed by atoms with van der Waals surface area (Å²) in [4.78, 5) is 14.2. The molecule has 56 valence electrons. The van der Waals surface area contributed by atoms with Gasteiger partial charge in [-0.05, 0) is 20.6 Å². The average Bonchev–Trinajstić information content (AvgIpc) is 1.89. The number of hydrogen-bond donors (Lipinski definition) is 0. The molecule has 0 aromatic heterocycles. The van der Waals surface area contributed by atoms with Crippen LogP contribution in [0, 0.1) is 0 Å². The van der Waals surface area contributed by atoms with E-state index in [9.17, 15) is 4.79 Å². The number of carbonyl (C=O) groups is 1. The third kappa shape index (κ3) is 3.02. The van der Waals surface area contributed by atoms with Crippen LogP contribution in [0.3, 0.4) is 0 Å². The van der Waals surface area contributed by atoms with Crippen LogP contribution in [0.1, 0.15) is 13.8 Å². The fourth-order valence-electron chi connectivity index (χ4n) is 0.435. The highest BCUT2D eigenvalue weighted by Gasteiger charge is 2.01. The van der Waals surface area contributed by atoms with Crippen molar-refractivity contribution in [2.75, 3.05) is 6.61 Å². The van der Waals surface area contributed by atoms with Crippen molar-refractivity contribution in [1.82, 2.24) is 0 Å². The van der Waals surface area contributed by atoms with Gasteiger partial charge in [-0.2, -0.15) is 0 Å². The number of aliphatic imine (C=N–C) groups is 1. The molecule has 3 nitrogen and oxygen atoms in total. The third-order valence-electron chi connectivity index (χ3n) is 0.882. The van der Waals surface area contributed by atoms with E-state index in [1.807, 2.05) is 0 Å². The van der Waals surface area contributed by atoms with Crippen LogP contribution in [0.15, 0.2) is 16.8 Å². The molecule has 0 N–H and O–H groups in total. The fourth-order valence-corrected chi connectivity index (χ4v) is 0.435. The Morgan fingerprint density at radius 1 is 1.80 bits per heavy atom. The van der Waals surface area contributed by atoms with E-state index in [4.69, 9.17) is 0 Å². The predicted octanol–water partition coefficient (Wildman–Crippen LogP) is 1.15. The van der Waals surface area contributed by atoms with Crippen LogP contribution in [0.5, 0.6) is 0 Å². The van der Waals surface area contributed by atoms with Crippen LogP contribution in [0.25, 0.3) is 0 Å². The average molecular weight is 141 g/mol. The Morgan fingerprint density at radius 3 is 2.80 bits per heavy atom. The first-order valence-electron chi connectivity index (χ1n) is 3.02. The Kier molecular flexibility index (Phi) is 4.20. The largest absolute Gasteiger partial charge is 0.463 e. The molecule has 0 rings (SSSR count). The summed E-state index contributed by atoms with van der Waals surface area (Å²) in [5.41, 5.74) is 0.469. The number of nitrogens with zero attached hydrogens (tertiary/aromatic N) is 1. The molecular formula is C7H11NO2. The van der Waals surface area contributed by atoms with Crippen molar-refractivity contribution >= 4 is 12.7 Å². The van der Waals surface area contributed by atoms with Gasteiger partial charge in [0.15, 0.2) is 0 Å². The number of esters is 1. The van der Waals surface area contributed by atoms with Crippen molar-refractivity contribution in [2.45, 2.75) is 13.8 Å². The van der Waals surface area contributed by atoms with Crippen LogP contribution in [0.2, 0.25) is 0 Å². The standard InChI is InChI=1S/C7H11NO2/c1-4-10-7(9)6(2)5-8-3/h5H,3-4H2,1-2H3/b6-5+. The van der Waals surface area contributed by atoms with Gasteiger partial charge < -0.3 is 4.74 Å². The molecule has 0 bridgehead atoms. The molecule has 0 saturated carbocycles. The summed E-state index contributed by atoms with van der Waals surface area (Å²) in [6, 6.07) is 0. The Labute approximate surface area is 60.4 Å². The first-order chi connectivity index (χ1) is 4.72. The van der Waals surface area contributed by atoms with E-state index in [1.54, 1.807) is 13.8 Å². The SMILES string of the molecule is C=N/C=C(\C)C(=O)OCC. The van der Waals surface area contributed by atoms with Gasteiger partial charge in [-0.15, -0.1) is 0 Å². The monoisotopic (exact) mass is 141 g/mol. The van der Waals surface area contributed by atoms with Crippen molar-refractivity contribution in [1.29, 1.82) is 0 Å². The predicted molar refractivity (Wildman–Crippen MR) is 39.9 cm³/mol. The number of ether oxygens (including phenoxy) is 1. The summed E-state index contributed by atoms with van der Waals surface area (Å²) >= 11 is 0. The summed E-state index contributed by atoms with van der Waals surface area (Å²) in [5.74, 6) is -0.338. The lowest BCUT2D eigenvalue weighted by atomic mass is 10.3. The summed E-state index contributed by atoms with van der Waals surface area (Å²) in [7, 11) is 0. The molecule has 0 radical (unpaired) electrons. The van der Waals surface area contributed by atoms with Gasteiger partial charge >= 0.3 is 5.97 Å². The van der Waals surface area contributed by atoms with Gasteiger partial charge in [-0.3, -0.25) is 4.99 Å². The maximum Gasteiger partial charge on any atom is 0.335 e. The minimum Gasteiger partial charge on any atom is -0.463 e. The number of hydrogen-bond acceptors (Lipinski definition) is 3. The molecule has 0 aliphatic heterocycles. The Balaban J connectivity index is 3.93. The van der Waals surface area contributed by atoms with Gasteiger partial charge in [-0.1, -0.05) is 0 Å². The maximum atomic E-state index is 10.8. The first-order valence-corrected chi connectivity index (χ1v) is 3.02. The molecule has 0 aromatic carbocycles. The van der Waals surface area contributed by atoms with Crippen molar-refractivity contribution in [3.63, 3.8) is 0 Å². The van der Waals surface area contributed by atoms with E-state index < -0.39 is 0 Å². The van der Waals surface area contributed by atoms with Crippen LogP contribution in [-0.2, 0) is 9.53 Å². The third-order valence-corrected chi connectivity index (χ3v) is 0.882. The second-order valence-corrected chi connectivity index (χ2v) is 1.72. The molecule has 0 heterocycles. The van der Waals surface area contributed by atoms with Crippen molar-refractivity contribution < 1.29 is 9.53 Å². The lowest BCUT2D eigenvalue weighted by molar-refractivity contribution is -0.138. The molecule has 3 heteroatoms. The zero-order valence-corrected chi connectivity index (χ0v) is 6.26. The molecule has 0 aromatic rings. The molecule has 0 unspecified atom stereocenters. The van der Waals surface area contributed by atoms with Crippen molar-refractivity contribution in [3.8, 4) is 0 Å². The van der Waals surface area contributed by atoms with Gasteiger partial charge in [0.2, 0.25) is 0 Å². The molecule has 0 spiro atoms. The van der Waals surface area contributed by atoms with Crippen LogP contribution in [0.4, 0.5) is 0 Å². The van der Waals surface area contributed by atoms with E-state index >= 15 is 0 Å². The lowest BCUT2D eigenvalue weighted by Crippen LogP contribution is -2.04. The normalized spacial score (nSPS) is 10.8. The molecule has 0 fully saturated rings. The summed E-state index contributed by atoms with van der Waals surface area (Å²) < 4.78 is 4.66. The van der Waals surface area contributed by atoms with Crippen LogP contribution in [-0.4, -0.2) is 19.3 Å². The second-order valence-electron chi connectivity index (χ2n) is 1.72. The molecule has 0 aliphatic carbocycles. The minimum absolute atomic E-state index is 0.338. The summed E-state index contributed by atoms with van der Waals surface area (Å²) in [6.45, 7) is 6.99. The van der Waals surface area contributed by atoms with Crippen molar-refractivity contribution in [3.05, 3.63) is 11.8 Å². The molecule has 0 atom stereocenters. The van der Waals surface area contributed by atoms with E-state index in [0.29, 0.717) is 12.2 Å². The number of carbonyl (C=O) groups excluding carboxylic acids is 1. The van der Waals surface area contributed by atoms with Gasteiger partial charge in [0, 0.05) is 6.20 Å². The minimum atomic E-state index is -0.338. The van der Waals surface area contributed by atoms with Gasteiger partial charge in [-0.25, -0.2) is 4.79 Å². The second kappa shape index (κ2) is 4.73. The van der Waals surface area contributed by atoms with E-state index in [1.165, 1.54) is 6.20 Å². The Morgan fingerprint density at radius 2 is 2.40 bits per heavy atom. The lowest BCUT2D eigenvalue weighted by Gasteiger charge is -1.98. The highest BCUT2D eigenvalue weighted by atomic mass is 16.5. The molecule has 10 heavy (non-hydrogen) atoms. The molecular weight excluding hydrogens is 130 g/mol. The van der Waals surface area contributed by atoms with E-state index in [2.05, 4.69) is 16.4 Å². The highest BCUT2D eigenvalue weighted by molar-refractivity contribution is 5.87. The molecule has 0 amide bonds. The highest BCUT2D eigenvalue weighted by Crippen LogP contribution is 1.95. The Bertz CT molecular complexity index is 161. The van der Waals surface area contributed by atoms with Crippen LogP contribution >= 0.6 is 0 Å². The zero-order valence-electron chi connectivity index (χ0n) is 6.26. The quantitative estimate of drug-likeness (QED) is 0.336. The van der Waals surface area contributed by atoms with Gasteiger partial charge in [0.05, 0.1) is 12.2 Å². The molecule has 0 saturated heterocycles. The first kappa shape index (κ1) is 8.88. The topological polar surface area (TPSA) is 38.7 Å². The summed E-state index contributed by atoms with van der Waals surface area (Å²) in [5, 5.41) is 0. The maximum absolute atomic E-state index is 10.8.